The van der Waals surface area contributed by atoms with Crippen molar-refractivity contribution in [3.05, 3.63) is 75.3 Å². The minimum absolute atomic E-state index is 0.128. The van der Waals surface area contributed by atoms with E-state index in [0.29, 0.717) is 16.6 Å². The number of carbonyl (C=O) groups is 2. The number of pyridine rings is 1. The molecule has 0 fully saturated rings. The van der Waals surface area contributed by atoms with Crippen molar-refractivity contribution < 1.29 is 9.59 Å². The average Bonchev–Trinajstić information content (AvgIpc) is 3.03. The highest BCUT2D eigenvalue weighted by Gasteiger charge is 2.16. The lowest BCUT2D eigenvalue weighted by Gasteiger charge is -2.08. The van der Waals surface area contributed by atoms with E-state index in [-0.39, 0.29) is 31.2 Å². The maximum Gasteiger partial charge on any atom is 0.224 e. The van der Waals surface area contributed by atoms with E-state index in [1.165, 1.54) is 0 Å². The molecule has 31 heavy (non-hydrogen) atoms. The summed E-state index contributed by atoms with van der Waals surface area (Å²) in [5.41, 5.74) is 4.19. The highest BCUT2D eigenvalue weighted by atomic mass is 35.5. The lowest BCUT2D eigenvalue weighted by Crippen LogP contribution is -2.31. The fourth-order valence-electron chi connectivity index (χ4n) is 3.13. The molecule has 1 aromatic carbocycles. The molecule has 0 saturated heterocycles. The predicted octanol–water partition coefficient (Wildman–Crippen LogP) is 3.56. The molecule has 0 atom stereocenters. The zero-order valence-electron chi connectivity index (χ0n) is 17.3. The highest BCUT2D eigenvalue weighted by molar-refractivity contribution is 6.42. The number of nitrogens with zero attached hydrogens (tertiary/aromatic N) is 3. The Kier molecular flexibility index (Phi) is 7.65. The van der Waals surface area contributed by atoms with Crippen molar-refractivity contribution in [1.29, 1.82) is 0 Å². The molecule has 3 aromatic rings. The predicted molar refractivity (Wildman–Crippen MR) is 120 cm³/mol. The number of benzene rings is 1. The van der Waals surface area contributed by atoms with Crippen LogP contribution in [0.1, 0.15) is 28.9 Å². The van der Waals surface area contributed by atoms with E-state index in [1.54, 1.807) is 29.2 Å². The number of aromatic nitrogens is 3. The van der Waals surface area contributed by atoms with Gasteiger partial charge in [-0.05, 0) is 49.7 Å². The summed E-state index contributed by atoms with van der Waals surface area (Å²) in [5.74, 6) is -0.293. The van der Waals surface area contributed by atoms with E-state index in [9.17, 15) is 9.59 Å². The van der Waals surface area contributed by atoms with Gasteiger partial charge in [-0.2, -0.15) is 5.10 Å². The first-order valence-electron chi connectivity index (χ1n) is 9.78. The van der Waals surface area contributed by atoms with Crippen LogP contribution in [0.15, 0.2) is 42.7 Å². The third-order valence-electron chi connectivity index (χ3n) is 4.84. The van der Waals surface area contributed by atoms with Gasteiger partial charge in [0.2, 0.25) is 11.8 Å². The van der Waals surface area contributed by atoms with Crippen LogP contribution in [0, 0.1) is 13.8 Å². The monoisotopic (exact) mass is 459 g/mol. The largest absolute Gasteiger partial charge is 0.355 e. The number of amides is 2. The Morgan fingerprint density at radius 2 is 1.74 bits per heavy atom. The maximum atomic E-state index is 12.4. The Hall–Kier alpha value is -2.90. The number of rotatable bonds is 8. The molecule has 0 radical (unpaired) electrons. The maximum absolute atomic E-state index is 12.4. The number of halogens is 2. The zero-order valence-corrected chi connectivity index (χ0v) is 18.8. The van der Waals surface area contributed by atoms with Gasteiger partial charge in [0.25, 0.3) is 0 Å². The van der Waals surface area contributed by atoms with Crippen molar-refractivity contribution >= 4 is 35.0 Å². The molecule has 2 amide bonds. The van der Waals surface area contributed by atoms with E-state index in [1.807, 2.05) is 32.0 Å². The molecule has 0 unspecified atom stereocenters. The molecule has 7 nitrogen and oxygen atoms in total. The van der Waals surface area contributed by atoms with Gasteiger partial charge in [-0.15, -0.1) is 0 Å². The summed E-state index contributed by atoms with van der Waals surface area (Å²) >= 11 is 12.1. The molecule has 2 heterocycles. The first-order chi connectivity index (χ1) is 14.8. The van der Waals surface area contributed by atoms with Crippen LogP contribution in [0.2, 0.25) is 10.0 Å². The smallest absolute Gasteiger partial charge is 0.224 e. The molecule has 0 spiro atoms. The molecule has 0 aliphatic heterocycles. The van der Waals surface area contributed by atoms with Gasteiger partial charge >= 0.3 is 0 Å². The van der Waals surface area contributed by atoms with E-state index in [2.05, 4.69) is 20.7 Å². The van der Waals surface area contributed by atoms with E-state index < -0.39 is 0 Å². The summed E-state index contributed by atoms with van der Waals surface area (Å²) in [4.78, 5) is 28.3. The molecule has 162 valence electrons. The minimum Gasteiger partial charge on any atom is -0.355 e. The second-order valence-electron chi connectivity index (χ2n) is 7.07. The lowest BCUT2D eigenvalue weighted by molar-refractivity contribution is -0.122. The van der Waals surface area contributed by atoms with Crippen LogP contribution in [-0.4, -0.2) is 33.1 Å². The van der Waals surface area contributed by atoms with Crippen LogP contribution >= 0.6 is 23.2 Å². The van der Waals surface area contributed by atoms with E-state index in [0.717, 1.165) is 28.2 Å². The fraction of sp³-hybridized carbons (Fsp3) is 0.273. The van der Waals surface area contributed by atoms with Crippen LogP contribution in [0.3, 0.4) is 0 Å². The zero-order chi connectivity index (χ0) is 22.4. The van der Waals surface area contributed by atoms with Crippen molar-refractivity contribution in [1.82, 2.24) is 25.4 Å². The molecular formula is C22H23Cl2N5O2. The molecule has 9 heteroatoms. The topological polar surface area (TPSA) is 88.9 Å². The van der Waals surface area contributed by atoms with Crippen LogP contribution in [0.25, 0.3) is 5.69 Å². The Bertz CT molecular complexity index is 1080. The minimum atomic E-state index is -0.165. The second-order valence-corrected chi connectivity index (χ2v) is 7.88. The van der Waals surface area contributed by atoms with Crippen LogP contribution in [-0.2, 0) is 22.6 Å². The van der Waals surface area contributed by atoms with Crippen molar-refractivity contribution in [2.45, 2.75) is 33.2 Å². The van der Waals surface area contributed by atoms with Gasteiger partial charge in [-0.3, -0.25) is 14.6 Å². The Morgan fingerprint density at radius 1 is 1.00 bits per heavy atom. The average molecular weight is 460 g/mol. The summed E-state index contributed by atoms with van der Waals surface area (Å²) < 4.78 is 1.74. The van der Waals surface area contributed by atoms with Crippen LogP contribution < -0.4 is 10.6 Å². The van der Waals surface area contributed by atoms with Crippen molar-refractivity contribution in [3.63, 3.8) is 0 Å². The van der Waals surface area contributed by atoms with Crippen LogP contribution in [0.4, 0.5) is 0 Å². The van der Waals surface area contributed by atoms with Crippen molar-refractivity contribution in [3.8, 4) is 5.69 Å². The molecule has 0 bridgehead atoms. The van der Waals surface area contributed by atoms with E-state index >= 15 is 0 Å². The van der Waals surface area contributed by atoms with Gasteiger partial charge in [0.15, 0.2) is 0 Å². The summed E-state index contributed by atoms with van der Waals surface area (Å²) in [6.07, 6.45) is 3.74. The summed E-state index contributed by atoms with van der Waals surface area (Å²) in [5, 5.41) is 11.1. The third kappa shape index (κ3) is 6.06. The number of aryl methyl sites for hydroxylation is 1. The number of carbonyl (C=O) groups excluding carboxylic acids is 2. The first kappa shape index (κ1) is 22.8. The molecule has 3 rings (SSSR count). The van der Waals surface area contributed by atoms with Gasteiger partial charge in [-0.1, -0.05) is 23.2 Å². The summed E-state index contributed by atoms with van der Waals surface area (Å²) in [6, 6.07) is 8.94. The number of hydrogen-bond donors (Lipinski definition) is 2. The van der Waals surface area contributed by atoms with E-state index in [4.69, 9.17) is 23.2 Å². The molecule has 2 aromatic heterocycles. The standard InChI is InChI=1S/C22H23Cl2N5O2/c1-14-18(15(2)29(28-14)17-3-4-19(23)20(24)11-17)12-22(31)26-10-7-21(30)27-13-16-5-8-25-9-6-16/h3-6,8-9,11H,7,10,12-13H2,1-2H3,(H,26,31)(H,27,30). The summed E-state index contributed by atoms with van der Waals surface area (Å²) in [6.45, 7) is 4.45. The third-order valence-corrected chi connectivity index (χ3v) is 5.58. The second kappa shape index (κ2) is 10.4. The quantitative estimate of drug-likeness (QED) is 0.538. The SMILES string of the molecule is Cc1nn(-c2ccc(Cl)c(Cl)c2)c(C)c1CC(=O)NCCC(=O)NCc1ccncc1. The number of hydrogen-bond acceptors (Lipinski definition) is 4. The van der Waals surface area contributed by atoms with Gasteiger partial charge in [0.05, 0.1) is 27.8 Å². The van der Waals surface area contributed by atoms with Gasteiger partial charge < -0.3 is 10.6 Å². The molecule has 0 aliphatic carbocycles. The Morgan fingerprint density at radius 3 is 2.45 bits per heavy atom. The fourth-order valence-corrected chi connectivity index (χ4v) is 3.42. The Labute approximate surface area is 190 Å². The van der Waals surface area contributed by atoms with Crippen molar-refractivity contribution in [2.75, 3.05) is 6.54 Å². The molecular weight excluding hydrogens is 437 g/mol. The molecule has 0 aliphatic rings. The first-order valence-corrected chi connectivity index (χ1v) is 10.5. The lowest BCUT2D eigenvalue weighted by atomic mass is 10.1. The normalized spacial score (nSPS) is 10.7. The molecule has 0 saturated carbocycles. The van der Waals surface area contributed by atoms with Crippen molar-refractivity contribution in [2.24, 2.45) is 0 Å². The number of nitrogens with one attached hydrogen (secondary N) is 2. The van der Waals surface area contributed by atoms with Gasteiger partial charge in [0, 0.05) is 43.2 Å². The molecule has 2 N–H and O–H groups in total. The van der Waals surface area contributed by atoms with Gasteiger partial charge in [0.1, 0.15) is 0 Å². The van der Waals surface area contributed by atoms with Crippen LogP contribution in [0.5, 0.6) is 0 Å². The summed E-state index contributed by atoms with van der Waals surface area (Å²) in [7, 11) is 0. The highest BCUT2D eigenvalue weighted by Crippen LogP contribution is 2.26. The van der Waals surface area contributed by atoms with Gasteiger partial charge in [-0.25, -0.2) is 4.68 Å². The Balaban J connectivity index is 1.52.